The Morgan fingerprint density at radius 2 is 2.00 bits per heavy atom. The van der Waals surface area contributed by atoms with Crippen LogP contribution in [-0.2, 0) is 13.1 Å². The van der Waals surface area contributed by atoms with Crippen LogP contribution in [0.15, 0.2) is 42.7 Å². The molecule has 0 unspecified atom stereocenters. The van der Waals surface area contributed by atoms with Crippen molar-refractivity contribution in [3.8, 4) is 0 Å². The van der Waals surface area contributed by atoms with Crippen LogP contribution in [0.5, 0.6) is 0 Å². The number of nitrogens with zero attached hydrogens (tertiary/aromatic N) is 4. The van der Waals surface area contributed by atoms with Crippen LogP contribution in [0.3, 0.4) is 0 Å². The van der Waals surface area contributed by atoms with Crippen LogP contribution < -0.4 is 10.6 Å². The van der Waals surface area contributed by atoms with Gasteiger partial charge in [-0.05, 0) is 56.6 Å². The van der Waals surface area contributed by atoms with Crippen LogP contribution in [0.1, 0.15) is 28.9 Å². The van der Waals surface area contributed by atoms with E-state index in [2.05, 4.69) is 58.9 Å². The van der Waals surface area contributed by atoms with Gasteiger partial charge in [0.2, 0.25) is 0 Å². The fourth-order valence-electron chi connectivity index (χ4n) is 2.98. The van der Waals surface area contributed by atoms with Crippen molar-refractivity contribution in [2.45, 2.75) is 40.3 Å². The van der Waals surface area contributed by atoms with E-state index >= 15 is 0 Å². The summed E-state index contributed by atoms with van der Waals surface area (Å²) in [6, 6.07) is 10.4. The lowest BCUT2D eigenvalue weighted by Crippen LogP contribution is -2.29. The van der Waals surface area contributed by atoms with Crippen molar-refractivity contribution in [1.29, 1.82) is 0 Å². The molecule has 7 heteroatoms. The van der Waals surface area contributed by atoms with Gasteiger partial charge in [-0.25, -0.2) is 0 Å². The van der Waals surface area contributed by atoms with Crippen molar-refractivity contribution in [3.63, 3.8) is 0 Å². The van der Waals surface area contributed by atoms with E-state index in [9.17, 15) is 0 Å². The predicted molar refractivity (Wildman–Crippen MR) is 113 cm³/mol. The SMILES string of the molecule is Cc1cc(C)n(CCCNC(=S)Nc2cnn(Cc3ccccc3C)c2)n1. The third-order valence-corrected chi connectivity index (χ3v) is 4.67. The van der Waals surface area contributed by atoms with Gasteiger partial charge in [-0.15, -0.1) is 0 Å². The molecule has 6 nitrogen and oxygen atoms in total. The average Bonchev–Trinajstić information content (AvgIpc) is 3.19. The number of hydrogen-bond acceptors (Lipinski definition) is 3. The van der Waals surface area contributed by atoms with E-state index in [1.807, 2.05) is 28.6 Å². The predicted octanol–water partition coefficient (Wildman–Crippen LogP) is 3.43. The first-order chi connectivity index (χ1) is 13.0. The van der Waals surface area contributed by atoms with E-state index in [4.69, 9.17) is 12.2 Å². The van der Waals surface area contributed by atoms with Gasteiger partial charge in [-0.3, -0.25) is 9.36 Å². The van der Waals surface area contributed by atoms with Crippen molar-refractivity contribution >= 4 is 23.0 Å². The smallest absolute Gasteiger partial charge is 0.170 e. The lowest BCUT2D eigenvalue weighted by atomic mass is 10.1. The summed E-state index contributed by atoms with van der Waals surface area (Å²) in [5, 5.41) is 15.9. The monoisotopic (exact) mass is 382 g/mol. The molecular formula is C20H26N6S. The summed E-state index contributed by atoms with van der Waals surface area (Å²) in [6.45, 7) is 8.62. The topological polar surface area (TPSA) is 59.7 Å². The van der Waals surface area contributed by atoms with Crippen LogP contribution in [0, 0.1) is 20.8 Å². The summed E-state index contributed by atoms with van der Waals surface area (Å²) in [5.74, 6) is 0. The van der Waals surface area contributed by atoms with Gasteiger partial charge in [0.25, 0.3) is 0 Å². The van der Waals surface area contributed by atoms with E-state index in [1.165, 1.54) is 16.8 Å². The minimum atomic E-state index is 0.610. The quantitative estimate of drug-likeness (QED) is 0.484. The van der Waals surface area contributed by atoms with Crippen LogP contribution >= 0.6 is 12.2 Å². The molecule has 0 aliphatic carbocycles. The highest BCUT2D eigenvalue weighted by molar-refractivity contribution is 7.80. The molecule has 0 amide bonds. The molecule has 3 aromatic rings. The molecule has 2 N–H and O–H groups in total. The number of benzene rings is 1. The second-order valence-electron chi connectivity index (χ2n) is 6.74. The van der Waals surface area contributed by atoms with E-state index in [0.717, 1.165) is 37.4 Å². The standard InChI is InChI=1S/C20H26N6S/c1-15-7-4-5-8-18(15)13-25-14-19(12-22-25)23-20(27)21-9-6-10-26-17(3)11-16(2)24-26/h4-5,7-8,11-12,14H,6,9-10,13H2,1-3H3,(H2,21,23,27). The van der Waals surface area contributed by atoms with E-state index in [1.54, 1.807) is 6.20 Å². The number of aromatic nitrogens is 4. The Kier molecular flexibility index (Phi) is 6.24. The summed E-state index contributed by atoms with van der Waals surface area (Å²) in [6.07, 6.45) is 4.72. The Balaban J connectivity index is 1.42. The lowest BCUT2D eigenvalue weighted by molar-refractivity contribution is 0.558. The van der Waals surface area contributed by atoms with Crippen LogP contribution in [0.2, 0.25) is 0 Å². The summed E-state index contributed by atoms with van der Waals surface area (Å²) >= 11 is 5.37. The molecule has 2 aromatic heterocycles. The Labute approximate surface area is 165 Å². The van der Waals surface area contributed by atoms with Gasteiger partial charge in [0.05, 0.1) is 24.1 Å². The van der Waals surface area contributed by atoms with E-state index < -0.39 is 0 Å². The van der Waals surface area contributed by atoms with Crippen molar-refractivity contribution < 1.29 is 0 Å². The van der Waals surface area contributed by atoms with Gasteiger partial charge in [0, 0.05) is 25.0 Å². The molecule has 27 heavy (non-hydrogen) atoms. The number of rotatable bonds is 7. The first-order valence-electron chi connectivity index (χ1n) is 9.14. The van der Waals surface area contributed by atoms with Crippen LogP contribution in [0.25, 0.3) is 0 Å². The fraction of sp³-hybridized carbons (Fsp3) is 0.350. The Hall–Kier alpha value is -2.67. The highest BCUT2D eigenvalue weighted by Crippen LogP contribution is 2.11. The molecule has 0 spiro atoms. The van der Waals surface area contributed by atoms with Gasteiger partial charge >= 0.3 is 0 Å². The van der Waals surface area contributed by atoms with Gasteiger partial charge in [0.1, 0.15) is 0 Å². The highest BCUT2D eigenvalue weighted by Gasteiger charge is 2.04. The molecular weight excluding hydrogens is 356 g/mol. The molecule has 3 rings (SSSR count). The molecule has 0 bridgehead atoms. The van der Waals surface area contributed by atoms with Gasteiger partial charge in [-0.2, -0.15) is 10.2 Å². The normalized spacial score (nSPS) is 10.8. The second-order valence-corrected chi connectivity index (χ2v) is 7.15. The zero-order valence-corrected chi connectivity index (χ0v) is 16.9. The number of hydrogen-bond donors (Lipinski definition) is 2. The first-order valence-corrected chi connectivity index (χ1v) is 9.55. The fourth-order valence-corrected chi connectivity index (χ4v) is 3.20. The molecule has 0 radical (unpaired) electrons. The lowest BCUT2D eigenvalue weighted by Gasteiger charge is -2.09. The third kappa shape index (κ3) is 5.40. The minimum Gasteiger partial charge on any atom is -0.362 e. The Bertz CT molecular complexity index is 911. The van der Waals surface area contributed by atoms with Gasteiger partial charge < -0.3 is 10.6 Å². The third-order valence-electron chi connectivity index (χ3n) is 4.42. The average molecular weight is 383 g/mol. The van der Waals surface area contributed by atoms with Gasteiger partial charge in [0.15, 0.2) is 5.11 Å². The molecule has 0 fully saturated rings. The molecule has 0 atom stereocenters. The van der Waals surface area contributed by atoms with Crippen molar-refractivity contribution in [1.82, 2.24) is 24.9 Å². The number of aryl methyl sites for hydroxylation is 4. The molecule has 1 aromatic carbocycles. The van der Waals surface area contributed by atoms with E-state index in [0.29, 0.717) is 5.11 Å². The Morgan fingerprint density at radius 3 is 2.74 bits per heavy atom. The minimum absolute atomic E-state index is 0.610. The molecule has 0 saturated carbocycles. The largest absolute Gasteiger partial charge is 0.362 e. The number of thiocarbonyl (C=S) groups is 1. The van der Waals surface area contributed by atoms with Crippen molar-refractivity contribution in [2.24, 2.45) is 0 Å². The number of anilines is 1. The molecule has 142 valence electrons. The van der Waals surface area contributed by atoms with Crippen LogP contribution in [-0.4, -0.2) is 31.2 Å². The summed E-state index contributed by atoms with van der Waals surface area (Å²) in [7, 11) is 0. The van der Waals surface area contributed by atoms with Gasteiger partial charge in [-0.1, -0.05) is 24.3 Å². The number of nitrogens with one attached hydrogen (secondary N) is 2. The maximum Gasteiger partial charge on any atom is 0.170 e. The van der Waals surface area contributed by atoms with Crippen LogP contribution in [0.4, 0.5) is 5.69 Å². The zero-order valence-electron chi connectivity index (χ0n) is 16.1. The summed E-state index contributed by atoms with van der Waals surface area (Å²) in [5.41, 5.74) is 5.66. The molecule has 0 aliphatic heterocycles. The second kappa shape index (κ2) is 8.81. The molecule has 0 saturated heterocycles. The maximum absolute atomic E-state index is 5.37. The zero-order chi connectivity index (χ0) is 19.2. The maximum atomic E-state index is 5.37. The molecule has 0 aliphatic rings. The van der Waals surface area contributed by atoms with Crippen molar-refractivity contribution in [2.75, 3.05) is 11.9 Å². The Morgan fingerprint density at radius 1 is 1.19 bits per heavy atom. The van der Waals surface area contributed by atoms with E-state index in [-0.39, 0.29) is 0 Å². The highest BCUT2D eigenvalue weighted by atomic mass is 32.1. The van der Waals surface area contributed by atoms with Crippen molar-refractivity contribution in [3.05, 3.63) is 65.2 Å². The summed E-state index contributed by atoms with van der Waals surface area (Å²) in [4.78, 5) is 0. The first kappa shape index (κ1) is 19.1. The molecule has 2 heterocycles. The summed E-state index contributed by atoms with van der Waals surface area (Å²) < 4.78 is 3.94.